The van der Waals surface area contributed by atoms with Crippen LogP contribution in [0.25, 0.3) is 0 Å². The van der Waals surface area contributed by atoms with Crippen molar-refractivity contribution in [1.29, 1.82) is 0 Å². The Kier molecular flexibility index (Phi) is 4.27. The van der Waals surface area contributed by atoms with Crippen molar-refractivity contribution < 1.29 is 4.79 Å². The zero-order valence-electron chi connectivity index (χ0n) is 8.71. The maximum Gasteiger partial charge on any atom is 0.261 e. The van der Waals surface area contributed by atoms with Gasteiger partial charge in [0.1, 0.15) is 0 Å². The van der Waals surface area contributed by atoms with Gasteiger partial charge in [0.2, 0.25) is 0 Å². The van der Waals surface area contributed by atoms with E-state index in [0.29, 0.717) is 11.8 Å². The molecular formula is C11H13BrClNOS. The van der Waals surface area contributed by atoms with Crippen molar-refractivity contribution in [3.63, 3.8) is 0 Å². The molecule has 16 heavy (non-hydrogen) atoms. The first-order valence-corrected chi connectivity index (χ1v) is 7.47. The van der Waals surface area contributed by atoms with Crippen LogP contribution in [0.5, 0.6) is 0 Å². The molecule has 0 aromatic carbocycles. The van der Waals surface area contributed by atoms with Crippen LogP contribution in [-0.2, 0) is 0 Å². The Morgan fingerprint density at radius 3 is 3.00 bits per heavy atom. The normalized spacial score (nSPS) is 24.6. The van der Waals surface area contributed by atoms with Crippen molar-refractivity contribution in [2.24, 2.45) is 5.92 Å². The van der Waals surface area contributed by atoms with E-state index in [9.17, 15) is 4.79 Å². The second kappa shape index (κ2) is 5.52. The van der Waals surface area contributed by atoms with E-state index in [1.54, 1.807) is 0 Å². The lowest BCUT2D eigenvalue weighted by Gasteiger charge is -2.18. The highest BCUT2D eigenvalue weighted by molar-refractivity contribution is 9.11. The van der Waals surface area contributed by atoms with E-state index in [1.807, 2.05) is 12.1 Å². The molecule has 0 bridgehead atoms. The molecule has 1 aliphatic carbocycles. The van der Waals surface area contributed by atoms with E-state index in [1.165, 1.54) is 11.3 Å². The number of rotatable bonds is 3. The summed E-state index contributed by atoms with van der Waals surface area (Å²) >= 11 is 10.7. The van der Waals surface area contributed by atoms with Crippen molar-refractivity contribution in [3.8, 4) is 0 Å². The first-order valence-electron chi connectivity index (χ1n) is 5.33. The summed E-state index contributed by atoms with van der Waals surface area (Å²) in [6.07, 6.45) is 3.34. The van der Waals surface area contributed by atoms with Crippen LogP contribution in [0.4, 0.5) is 0 Å². The minimum Gasteiger partial charge on any atom is -0.348 e. The zero-order chi connectivity index (χ0) is 11.5. The summed E-state index contributed by atoms with van der Waals surface area (Å²) in [5, 5.41) is 3.08. The maximum atomic E-state index is 11.9. The Balaban J connectivity index is 1.97. The number of carbonyl (C=O) groups is 1. The number of carbonyl (C=O) groups excluding carboxylic acids is 1. The number of hydrogen-bond donors (Lipinski definition) is 1. The summed E-state index contributed by atoms with van der Waals surface area (Å²) in [5.41, 5.74) is 0. The van der Waals surface area contributed by atoms with Gasteiger partial charge in [0, 0.05) is 11.9 Å². The molecule has 0 spiro atoms. The number of halogens is 2. The highest BCUT2D eigenvalue weighted by atomic mass is 79.9. The number of nitrogens with one attached hydrogen (secondary N) is 1. The van der Waals surface area contributed by atoms with Crippen LogP contribution in [0.15, 0.2) is 15.9 Å². The first kappa shape index (κ1) is 12.4. The fourth-order valence-corrected chi connectivity index (χ4v) is 3.75. The third-order valence-corrected chi connectivity index (χ3v) is 4.99. The van der Waals surface area contributed by atoms with Crippen LogP contribution >= 0.6 is 38.9 Å². The Bertz CT molecular complexity index is 382. The van der Waals surface area contributed by atoms with E-state index >= 15 is 0 Å². The number of hydrogen-bond acceptors (Lipinski definition) is 2. The Hall–Kier alpha value is -0.0600. The molecule has 0 aliphatic heterocycles. The van der Waals surface area contributed by atoms with Crippen molar-refractivity contribution in [1.82, 2.24) is 5.32 Å². The lowest BCUT2D eigenvalue weighted by atomic mass is 10.1. The highest BCUT2D eigenvalue weighted by Crippen LogP contribution is 2.28. The average molecular weight is 323 g/mol. The molecular weight excluding hydrogens is 310 g/mol. The minimum atomic E-state index is 0.0257. The van der Waals surface area contributed by atoms with Gasteiger partial charge in [-0.05, 0) is 46.8 Å². The van der Waals surface area contributed by atoms with E-state index < -0.39 is 0 Å². The van der Waals surface area contributed by atoms with Crippen LogP contribution in [-0.4, -0.2) is 17.8 Å². The van der Waals surface area contributed by atoms with Gasteiger partial charge in [0.05, 0.1) is 8.66 Å². The Morgan fingerprint density at radius 2 is 2.38 bits per heavy atom. The Morgan fingerprint density at radius 1 is 1.56 bits per heavy atom. The van der Waals surface area contributed by atoms with Crippen LogP contribution in [0.3, 0.4) is 0 Å². The average Bonchev–Trinajstić information content (AvgIpc) is 2.86. The van der Waals surface area contributed by atoms with E-state index in [-0.39, 0.29) is 11.9 Å². The third kappa shape index (κ3) is 2.79. The molecule has 1 N–H and O–H groups in total. The quantitative estimate of drug-likeness (QED) is 0.846. The molecule has 1 fully saturated rings. The zero-order valence-corrected chi connectivity index (χ0v) is 11.9. The molecule has 2 atom stereocenters. The molecule has 2 nitrogen and oxygen atoms in total. The summed E-state index contributed by atoms with van der Waals surface area (Å²) in [6.45, 7) is 0. The van der Waals surface area contributed by atoms with Gasteiger partial charge >= 0.3 is 0 Å². The second-order valence-corrected chi connectivity index (χ2v) is 6.80. The van der Waals surface area contributed by atoms with Gasteiger partial charge in [-0.3, -0.25) is 4.79 Å². The third-order valence-electron chi connectivity index (χ3n) is 2.97. The van der Waals surface area contributed by atoms with Crippen molar-refractivity contribution in [2.75, 3.05) is 5.88 Å². The Labute approximate surface area is 113 Å². The van der Waals surface area contributed by atoms with Gasteiger partial charge in [0.25, 0.3) is 5.91 Å². The number of thiophene rings is 1. The largest absolute Gasteiger partial charge is 0.348 e. The molecule has 0 saturated heterocycles. The predicted octanol–water partition coefficient (Wildman–Crippen LogP) is 3.65. The standard InChI is InChI=1S/C11H13BrClNOS/c12-10-5-4-9(16-10)11(15)14-8-3-1-2-7(8)6-13/h4-5,7-8H,1-3,6H2,(H,14,15). The topological polar surface area (TPSA) is 29.1 Å². The van der Waals surface area contributed by atoms with Gasteiger partial charge in [-0.25, -0.2) is 0 Å². The monoisotopic (exact) mass is 321 g/mol. The van der Waals surface area contributed by atoms with Gasteiger partial charge in [0.15, 0.2) is 0 Å². The lowest BCUT2D eigenvalue weighted by molar-refractivity contribution is 0.0934. The molecule has 1 amide bonds. The maximum absolute atomic E-state index is 11.9. The first-order chi connectivity index (χ1) is 7.70. The van der Waals surface area contributed by atoms with Gasteiger partial charge < -0.3 is 5.32 Å². The molecule has 0 radical (unpaired) electrons. The molecule has 2 unspecified atom stereocenters. The fourth-order valence-electron chi connectivity index (χ4n) is 2.09. The summed E-state index contributed by atoms with van der Waals surface area (Å²) in [4.78, 5) is 12.7. The summed E-state index contributed by atoms with van der Waals surface area (Å²) < 4.78 is 0.984. The van der Waals surface area contributed by atoms with Gasteiger partial charge in [-0.15, -0.1) is 22.9 Å². The van der Waals surface area contributed by atoms with E-state index in [2.05, 4.69) is 21.2 Å². The fraction of sp³-hybridized carbons (Fsp3) is 0.545. The smallest absolute Gasteiger partial charge is 0.261 e. The predicted molar refractivity (Wildman–Crippen MR) is 71.3 cm³/mol. The summed E-state index contributed by atoms with van der Waals surface area (Å²) in [7, 11) is 0. The number of alkyl halides is 1. The SMILES string of the molecule is O=C(NC1CCCC1CCl)c1ccc(Br)s1. The highest BCUT2D eigenvalue weighted by Gasteiger charge is 2.28. The summed E-state index contributed by atoms with van der Waals surface area (Å²) in [5.74, 6) is 1.10. The molecule has 88 valence electrons. The van der Waals surface area contributed by atoms with Crippen LogP contribution in [0, 0.1) is 5.92 Å². The second-order valence-electron chi connectivity index (χ2n) is 4.03. The van der Waals surface area contributed by atoms with Crippen molar-refractivity contribution in [3.05, 3.63) is 20.8 Å². The van der Waals surface area contributed by atoms with Gasteiger partial charge in [-0.1, -0.05) is 6.42 Å². The van der Waals surface area contributed by atoms with Crippen LogP contribution < -0.4 is 5.32 Å². The molecule has 1 heterocycles. The molecule has 1 aliphatic rings. The molecule has 1 saturated carbocycles. The van der Waals surface area contributed by atoms with Crippen molar-refractivity contribution in [2.45, 2.75) is 25.3 Å². The number of amides is 1. The van der Waals surface area contributed by atoms with Crippen LogP contribution in [0.2, 0.25) is 0 Å². The van der Waals surface area contributed by atoms with E-state index in [4.69, 9.17) is 11.6 Å². The molecule has 2 rings (SSSR count). The van der Waals surface area contributed by atoms with Crippen molar-refractivity contribution >= 4 is 44.8 Å². The molecule has 5 heteroatoms. The molecule has 1 aromatic rings. The van der Waals surface area contributed by atoms with Gasteiger partial charge in [-0.2, -0.15) is 0 Å². The van der Waals surface area contributed by atoms with E-state index in [0.717, 1.165) is 27.9 Å². The summed E-state index contributed by atoms with van der Waals surface area (Å²) in [6, 6.07) is 3.99. The van der Waals surface area contributed by atoms with Crippen LogP contribution in [0.1, 0.15) is 28.9 Å². The lowest BCUT2D eigenvalue weighted by Crippen LogP contribution is -2.37. The minimum absolute atomic E-state index is 0.0257. The molecule has 1 aromatic heterocycles.